The van der Waals surface area contributed by atoms with Crippen molar-refractivity contribution in [2.75, 3.05) is 12.4 Å². The van der Waals surface area contributed by atoms with E-state index in [-0.39, 0.29) is 5.91 Å². The van der Waals surface area contributed by atoms with Crippen molar-refractivity contribution in [3.05, 3.63) is 54.7 Å². The van der Waals surface area contributed by atoms with Crippen molar-refractivity contribution in [2.24, 2.45) is 0 Å². The minimum atomic E-state index is -0.270. The summed E-state index contributed by atoms with van der Waals surface area (Å²) >= 11 is 0. The number of nitrogens with zero attached hydrogens (tertiary/aromatic N) is 1. The Hall–Kier alpha value is -2.62. The lowest BCUT2D eigenvalue weighted by Gasteiger charge is -2.11. The number of hydrogen-bond donors (Lipinski definition) is 1. The van der Waals surface area contributed by atoms with Crippen LogP contribution in [0.3, 0.4) is 0 Å². The van der Waals surface area contributed by atoms with Gasteiger partial charge in [0.15, 0.2) is 0 Å². The summed E-state index contributed by atoms with van der Waals surface area (Å²) in [6.45, 7) is 7.75. The number of methoxy groups -OCH3 is 1. The van der Waals surface area contributed by atoms with Crippen LogP contribution >= 0.6 is 0 Å². The molecule has 0 aliphatic rings. The number of hydrogen-bond acceptors (Lipinski definition) is 3. The first-order valence-corrected chi connectivity index (χ1v) is 7.13. The van der Waals surface area contributed by atoms with Gasteiger partial charge in [0.2, 0.25) is 11.8 Å². The molecule has 1 N–H and O–H groups in total. The number of anilines is 1. The summed E-state index contributed by atoms with van der Waals surface area (Å²) in [6.07, 6.45) is 2.79. The van der Waals surface area contributed by atoms with Crippen molar-refractivity contribution >= 4 is 11.6 Å². The number of nitrogens with one attached hydrogen (secondary N) is 1. The summed E-state index contributed by atoms with van der Waals surface area (Å²) in [7, 11) is 1.58. The largest absolute Gasteiger partial charge is 0.481 e. The number of benzene rings is 1. The molecule has 114 valence electrons. The van der Waals surface area contributed by atoms with Crippen molar-refractivity contribution < 1.29 is 9.53 Å². The molecule has 1 heterocycles. The summed E-state index contributed by atoms with van der Waals surface area (Å²) in [4.78, 5) is 15.7. The molecule has 1 aromatic carbocycles. The normalized spacial score (nSPS) is 10.4. The van der Waals surface area contributed by atoms with E-state index in [1.807, 2.05) is 18.2 Å². The topological polar surface area (TPSA) is 51.2 Å². The smallest absolute Gasteiger partial charge is 0.247 e. The lowest BCUT2D eigenvalue weighted by Crippen LogP contribution is -2.08. The number of carbonyl (C=O) groups is 1. The molecule has 0 spiro atoms. The Labute approximate surface area is 130 Å². The maximum Gasteiger partial charge on any atom is 0.247 e. The zero-order chi connectivity index (χ0) is 16.1. The number of amides is 1. The van der Waals surface area contributed by atoms with Crippen LogP contribution in [0.5, 0.6) is 5.88 Å². The van der Waals surface area contributed by atoms with E-state index in [1.165, 1.54) is 11.6 Å². The fourth-order valence-corrected chi connectivity index (χ4v) is 2.13. The molecular weight excluding hydrogens is 276 g/mol. The van der Waals surface area contributed by atoms with Crippen LogP contribution in [0.4, 0.5) is 5.69 Å². The van der Waals surface area contributed by atoms with Gasteiger partial charge in [-0.1, -0.05) is 44.7 Å². The maximum atomic E-state index is 11.4. The molecule has 0 fully saturated rings. The highest BCUT2D eigenvalue weighted by Gasteiger charge is 2.10. The van der Waals surface area contributed by atoms with Gasteiger partial charge >= 0.3 is 0 Å². The molecule has 0 saturated heterocycles. The molecule has 0 unspecified atom stereocenters. The van der Waals surface area contributed by atoms with Gasteiger partial charge in [-0.15, -0.1) is 0 Å². The molecule has 1 amide bonds. The second-order valence-corrected chi connectivity index (χ2v) is 5.25. The molecule has 0 aliphatic carbocycles. The Morgan fingerprint density at radius 1 is 1.32 bits per heavy atom. The maximum absolute atomic E-state index is 11.4. The molecule has 0 aliphatic heterocycles. The van der Waals surface area contributed by atoms with E-state index in [0.29, 0.717) is 17.5 Å². The predicted octanol–water partition coefficient (Wildman–Crippen LogP) is 4.01. The third-order valence-corrected chi connectivity index (χ3v) is 3.39. The third kappa shape index (κ3) is 3.52. The molecule has 2 aromatic rings. The highest BCUT2D eigenvalue weighted by atomic mass is 16.5. The van der Waals surface area contributed by atoms with Crippen LogP contribution < -0.4 is 10.1 Å². The van der Waals surface area contributed by atoms with Crippen LogP contribution in [0.15, 0.2) is 49.2 Å². The number of rotatable bonds is 5. The Morgan fingerprint density at radius 3 is 2.55 bits per heavy atom. The first-order valence-electron chi connectivity index (χ1n) is 7.13. The van der Waals surface area contributed by atoms with E-state index in [2.05, 4.69) is 42.9 Å². The monoisotopic (exact) mass is 296 g/mol. The summed E-state index contributed by atoms with van der Waals surface area (Å²) < 4.78 is 5.32. The zero-order valence-corrected chi connectivity index (χ0v) is 13.1. The predicted molar refractivity (Wildman–Crippen MR) is 89.1 cm³/mol. The van der Waals surface area contributed by atoms with E-state index in [0.717, 1.165) is 11.1 Å². The average molecular weight is 296 g/mol. The minimum absolute atomic E-state index is 0.270. The Kier molecular flexibility index (Phi) is 4.94. The molecule has 1 aromatic heterocycles. The van der Waals surface area contributed by atoms with Crippen LogP contribution in [0.25, 0.3) is 11.1 Å². The molecule has 22 heavy (non-hydrogen) atoms. The van der Waals surface area contributed by atoms with E-state index < -0.39 is 0 Å². The fraction of sp³-hybridized carbons (Fsp3) is 0.222. The summed E-state index contributed by atoms with van der Waals surface area (Å²) in [5.74, 6) is 0.731. The van der Waals surface area contributed by atoms with Crippen LogP contribution in [-0.4, -0.2) is 18.0 Å². The first-order chi connectivity index (χ1) is 10.5. The van der Waals surface area contributed by atoms with Crippen molar-refractivity contribution in [3.8, 4) is 17.0 Å². The highest BCUT2D eigenvalue weighted by Crippen LogP contribution is 2.31. The van der Waals surface area contributed by atoms with Gasteiger partial charge in [-0.25, -0.2) is 4.98 Å². The van der Waals surface area contributed by atoms with Gasteiger partial charge in [0.05, 0.1) is 19.0 Å². The number of pyridine rings is 1. The summed E-state index contributed by atoms with van der Waals surface area (Å²) in [6, 6.07) is 10.1. The number of ether oxygens (including phenoxy) is 1. The van der Waals surface area contributed by atoms with E-state index in [9.17, 15) is 4.79 Å². The minimum Gasteiger partial charge on any atom is -0.481 e. The van der Waals surface area contributed by atoms with Crippen LogP contribution in [0.2, 0.25) is 0 Å². The molecule has 0 radical (unpaired) electrons. The van der Waals surface area contributed by atoms with Gasteiger partial charge in [0.25, 0.3) is 0 Å². The molecule has 0 saturated carbocycles. The molecule has 0 atom stereocenters. The van der Waals surface area contributed by atoms with Crippen LogP contribution in [-0.2, 0) is 4.79 Å². The van der Waals surface area contributed by atoms with E-state index in [1.54, 1.807) is 13.3 Å². The first kappa shape index (κ1) is 15.8. The quantitative estimate of drug-likeness (QED) is 0.848. The van der Waals surface area contributed by atoms with Gasteiger partial charge in [-0.2, -0.15) is 0 Å². The van der Waals surface area contributed by atoms with Gasteiger partial charge < -0.3 is 10.1 Å². The Balaban J connectivity index is 2.40. The standard InChI is InChI=1S/C18H20N2O2/c1-5-17(21)20-15-10-16(18(22-4)19-11-15)14-8-6-13(7-9-14)12(2)3/h5-12H,1H2,2-4H3,(H,20,21). The van der Waals surface area contributed by atoms with Gasteiger partial charge in [-0.05, 0) is 29.2 Å². The SMILES string of the molecule is C=CC(=O)Nc1cnc(OC)c(-c2ccc(C(C)C)cc2)c1. The Bertz CT molecular complexity index is 676. The van der Waals surface area contributed by atoms with Crippen molar-refractivity contribution in [3.63, 3.8) is 0 Å². The number of carbonyl (C=O) groups excluding carboxylic acids is 1. The Morgan fingerprint density at radius 2 is 2.00 bits per heavy atom. The highest BCUT2D eigenvalue weighted by molar-refractivity contribution is 5.99. The van der Waals surface area contributed by atoms with Gasteiger partial charge in [0.1, 0.15) is 0 Å². The second kappa shape index (κ2) is 6.89. The van der Waals surface area contributed by atoms with E-state index in [4.69, 9.17) is 4.74 Å². The second-order valence-electron chi connectivity index (χ2n) is 5.25. The number of aromatic nitrogens is 1. The summed E-state index contributed by atoms with van der Waals surface area (Å²) in [5, 5.41) is 2.71. The third-order valence-electron chi connectivity index (χ3n) is 3.39. The van der Waals surface area contributed by atoms with Crippen molar-refractivity contribution in [1.82, 2.24) is 4.98 Å². The summed E-state index contributed by atoms with van der Waals surface area (Å²) in [5.41, 5.74) is 3.70. The zero-order valence-electron chi connectivity index (χ0n) is 13.1. The van der Waals surface area contributed by atoms with Gasteiger partial charge in [-0.3, -0.25) is 4.79 Å². The fourth-order valence-electron chi connectivity index (χ4n) is 2.13. The lowest BCUT2D eigenvalue weighted by molar-refractivity contribution is -0.111. The molecule has 4 heteroatoms. The lowest BCUT2D eigenvalue weighted by atomic mass is 9.99. The van der Waals surface area contributed by atoms with Crippen molar-refractivity contribution in [1.29, 1.82) is 0 Å². The molecule has 2 rings (SSSR count). The van der Waals surface area contributed by atoms with Crippen LogP contribution in [0.1, 0.15) is 25.3 Å². The average Bonchev–Trinajstić information content (AvgIpc) is 2.54. The van der Waals surface area contributed by atoms with Crippen molar-refractivity contribution in [2.45, 2.75) is 19.8 Å². The molecular formula is C18H20N2O2. The molecule has 0 bridgehead atoms. The van der Waals surface area contributed by atoms with E-state index >= 15 is 0 Å². The van der Waals surface area contributed by atoms with Crippen LogP contribution in [0, 0.1) is 0 Å². The molecule has 4 nitrogen and oxygen atoms in total. The van der Waals surface area contributed by atoms with Gasteiger partial charge in [0, 0.05) is 5.56 Å².